The van der Waals surface area contributed by atoms with Gasteiger partial charge in [-0.2, -0.15) is 5.10 Å². The van der Waals surface area contributed by atoms with Crippen molar-refractivity contribution in [3.8, 4) is 11.4 Å². The Morgan fingerprint density at radius 1 is 1.03 bits per heavy atom. The minimum atomic E-state index is 0. The highest BCUT2D eigenvalue weighted by Gasteiger charge is 2.02. The molecule has 1 heterocycles. The lowest BCUT2D eigenvalue weighted by molar-refractivity contribution is 0.322. The zero-order valence-electron chi connectivity index (χ0n) is 16.6. The van der Waals surface area contributed by atoms with Crippen LogP contribution in [0.15, 0.2) is 78.0 Å². The van der Waals surface area contributed by atoms with Crippen molar-refractivity contribution < 1.29 is 4.74 Å². The fourth-order valence-electron chi connectivity index (χ4n) is 2.70. The molecule has 0 radical (unpaired) electrons. The molecule has 0 aliphatic carbocycles. The molecule has 3 rings (SSSR count). The molecule has 0 amide bonds. The molecule has 0 saturated heterocycles. The number of rotatable bonds is 9. The van der Waals surface area contributed by atoms with Gasteiger partial charge >= 0.3 is 0 Å². The first-order valence-electron chi connectivity index (χ1n) is 9.64. The average Bonchev–Trinajstić information content (AvgIpc) is 3.21. The highest BCUT2D eigenvalue weighted by Crippen LogP contribution is 2.08. The minimum absolute atomic E-state index is 0. The predicted molar refractivity (Wildman–Crippen MR) is 129 cm³/mol. The van der Waals surface area contributed by atoms with E-state index in [0.29, 0.717) is 19.7 Å². The fraction of sp³-hybridized carbons (Fsp3) is 0.273. The minimum Gasteiger partial charge on any atom is -0.492 e. The molecule has 0 bridgehead atoms. The summed E-state index contributed by atoms with van der Waals surface area (Å²) in [5.74, 6) is 1.68. The Kier molecular flexibility index (Phi) is 10.1. The van der Waals surface area contributed by atoms with Crippen LogP contribution in [0.5, 0.6) is 5.75 Å². The Balaban J connectivity index is 0.00000300. The van der Waals surface area contributed by atoms with Crippen LogP contribution in [0.25, 0.3) is 5.69 Å². The van der Waals surface area contributed by atoms with E-state index in [2.05, 4.69) is 33.8 Å². The Hall–Kier alpha value is -2.55. The smallest absolute Gasteiger partial charge is 0.191 e. The maximum Gasteiger partial charge on any atom is 0.191 e. The molecular weight excluding hydrogens is 477 g/mol. The van der Waals surface area contributed by atoms with Crippen LogP contribution in [-0.4, -0.2) is 42.0 Å². The van der Waals surface area contributed by atoms with Crippen LogP contribution in [0.4, 0.5) is 0 Å². The lowest BCUT2D eigenvalue weighted by Crippen LogP contribution is -2.39. The van der Waals surface area contributed by atoms with Gasteiger partial charge in [-0.1, -0.05) is 36.4 Å². The number of benzene rings is 2. The summed E-state index contributed by atoms with van der Waals surface area (Å²) in [5, 5.41) is 11.0. The summed E-state index contributed by atoms with van der Waals surface area (Å²) in [5.41, 5.74) is 2.22. The second-order valence-corrected chi connectivity index (χ2v) is 6.23. The van der Waals surface area contributed by atoms with Gasteiger partial charge in [0.25, 0.3) is 0 Å². The summed E-state index contributed by atoms with van der Waals surface area (Å²) in [6.07, 6.45) is 4.79. The van der Waals surface area contributed by atoms with Gasteiger partial charge in [0.15, 0.2) is 5.96 Å². The van der Waals surface area contributed by atoms with Crippen LogP contribution in [0.2, 0.25) is 0 Å². The van der Waals surface area contributed by atoms with Gasteiger partial charge in [0, 0.05) is 19.3 Å². The number of ether oxygens (including phenoxy) is 1. The van der Waals surface area contributed by atoms with Gasteiger partial charge in [0.1, 0.15) is 12.4 Å². The Morgan fingerprint density at radius 2 is 1.76 bits per heavy atom. The van der Waals surface area contributed by atoms with Gasteiger partial charge in [-0.3, -0.25) is 4.99 Å². The van der Waals surface area contributed by atoms with E-state index in [9.17, 15) is 0 Å². The summed E-state index contributed by atoms with van der Waals surface area (Å²) in [7, 11) is 0. The first-order chi connectivity index (χ1) is 13.8. The van der Waals surface area contributed by atoms with Gasteiger partial charge in [-0.25, -0.2) is 4.68 Å². The number of guanidine groups is 1. The van der Waals surface area contributed by atoms with Crippen LogP contribution in [-0.2, 0) is 6.42 Å². The quantitative estimate of drug-likeness (QED) is 0.202. The van der Waals surface area contributed by atoms with Crippen LogP contribution >= 0.6 is 24.0 Å². The third-order valence-corrected chi connectivity index (χ3v) is 4.08. The van der Waals surface area contributed by atoms with Gasteiger partial charge in [-0.15, -0.1) is 24.0 Å². The van der Waals surface area contributed by atoms with Crippen LogP contribution in [0.1, 0.15) is 12.5 Å². The van der Waals surface area contributed by atoms with E-state index in [1.54, 1.807) is 0 Å². The zero-order chi connectivity index (χ0) is 19.4. The van der Waals surface area contributed by atoms with E-state index in [-0.39, 0.29) is 24.0 Å². The molecule has 0 saturated carbocycles. The average molecular weight is 505 g/mol. The molecule has 0 atom stereocenters. The number of aromatic nitrogens is 2. The highest BCUT2D eigenvalue weighted by molar-refractivity contribution is 14.0. The standard InChI is InChI=1S/C22H27N5O.HI/c1-2-23-22(25-15-16-28-21-11-7-4-8-12-21)24-14-13-19-17-26-27(18-19)20-9-5-3-6-10-20;/h3-12,17-18H,2,13-16H2,1H3,(H2,23,24,25);1H. The van der Waals surface area contributed by atoms with Crippen LogP contribution < -0.4 is 15.4 Å². The van der Waals surface area contributed by atoms with Crippen molar-refractivity contribution in [2.45, 2.75) is 13.3 Å². The maximum absolute atomic E-state index is 5.70. The Bertz CT molecular complexity index is 852. The SMILES string of the molecule is CCNC(=NCCc1cnn(-c2ccccc2)c1)NCCOc1ccccc1.I. The molecule has 0 unspecified atom stereocenters. The Labute approximate surface area is 189 Å². The molecule has 6 nitrogen and oxygen atoms in total. The number of halogens is 1. The number of nitrogens with zero attached hydrogens (tertiary/aromatic N) is 3. The number of nitrogens with one attached hydrogen (secondary N) is 2. The van der Waals surface area contributed by atoms with Crippen molar-refractivity contribution in [2.24, 2.45) is 4.99 Å². The van der Waals surface area contributed by atoms with E-state index in [1.165, 1.54) is 0 Å². The predicted octanol–water partition coefficient (Wildman–Crippen LogP) is 3.67. The van der Waals surface area contributed by atoms with Gasteiger partial charge in [0.05, 0.1) is 18.4 Å². The van der Waals surface area contributed by atoms with E-state index in [4.69, 9.17) is 4.74 Å². The normalized spacial score (nSPS) is 10.9. The summed E-state index contributed by atoms with van der Waals surface area (Å²) in [6, 6.07) is 19.9. The topological polar surface area (TPSA) is 63.5 Å². The maximum atomic E-state index is 5.70. The van der Waals surface area contributed by atoms with E-state index in [0.717, 1.165) is 35.9 Å². The fourth-order valence-corrected chi connectivity index (χ4v) is 2.70. The van der Waals surface area contributed by atoms with Gasteiger partial charge in [0.2, 0.25) is 0 Å². The van der Waals surface area contributed by atoms with Crippen molar-refractivity contribution in [3.63, 3.8) is 0 Å². The lowest BCUT2D eigenvalue weighted by Gasteiger charge is -2.12. The monoisotopic (exact) mass is 505 g/mol. The van der Waals surface area contributed by atoms with E-state index >= 15 is 0 Å². The molecule has 0 aliphatic heterocycles. The van der Waals surface area contributed by atoms with Crippen molar-refractivity contribution in [3.05, 3.63) is 78.6 Å². The third-order valence-electron chi connectivity index (χ3n) is 4.08. The van der Waals surface area contributed by atoms with Crippen molar-refractivity contribution >= 4 is 29.9 Å². The van der Waals surface area contributed by atoms with Gasteiger partial charge < -0.3 is 15.4 Å². The zero-order valence-corrected chi connectivity index (χ0v) is 19.0. The van der Waals surface area contributed by atoms with Crippen LogP contribution in [0.3, 0.4) is 0 Å². The molecule has 0 fully saturated rings. The second kappa shape index (κ2) is 12.8. The largest absolute Gasteiger partial charge is 0.492 e. The van der Waals surface area contributed by atoms with Crippen molar-refractivity contribution in [2.75, 3.05) is 26.2 Å². The molecule has 3 aromatic rings. The first-order valence-corrected chi connectivity index (χ1v) is 9.64. The second-order valence-electron chi connectivity index (χ2n) is 6.23. The lowest BCUT2D eigenvalue weighted by atomic mass is 10.2. The molecule has 7 heteroatoms. The number of hydrogen-bond donors (Lipinski definition) is 2. The highest BCUT2D eigenvalue weighted by atomic mass is 127. The number of hydrogen-bond acceptors (Lipinski definition) is 3. The summed E-state index contributed by atoms with van der Waals surface area (Å²) in [6.45, 7) is 4.83. The molecule has 2 aromatic carbocycles. The van der Waals surface area contributed by atoms with E-state index in [1.807, 2.05) is 71.5 Å². The molecule has 0 aliphatic rings. The molecule has 154 valence electrons. The molecular formula is C22H28IN5O. The molecule has 2 N–H and O–H groups in total. The van der Waals surface area contributed by atoms with Crippen LogP contribution in [0, 0.1) is 0 Å². The van der Waals surface area contributed by atoms with Crippen molar-refractivity contribution in [1.82, 2.24) is 20.4 Å². The van der Waals surface area contributed by atoms with Crippen molar-refractivity contribution in [1.29, 1.82) is 0 Å². The summed E-state index contributed by atoms with van der Waals surface area (Å²) in [4.78, 5) is 4.64. The molecule has 1 aromatic heterocycles. The molecule has 0 spiro atoms. The first kappa shape index (κ1) is 22.7. The van der Waals surface area contributed by atoms with Gasteiger partial charge in [-0.05, 0) is 43.2 Å². The number of para-hydroxylation sites is 2. The Morgan fingerprint density at radius 3 is 2.48 bits per heavy atom. The third kappa shape index (κ3) is 7.77. The summed E-state index contributed by atoms with van der Waals surface area (Å²) < 4.78 is 7.59. The van der Waals surface area contributed by atoms with E-state index < -0.39 is 0 Å². The number of aliphatic imine (C=N–C) groups is 1. The summed E-state index contributed by atoms with van der Waals surface area (Å²) >= 11 is 0. The molecule has 29 heavy (non-hydrogen) atoms.